The van der Waals surface area contributed by atoms with Gasteiger partial charge in [-0.2, -0.15) is 4.31 Å². The van der Waals surface area contributed by atoms with E-state index in [1.807, 2.05) is 43.5 Å². The third kappa shape index (κ3) is 4.80. The summed E-state index contributed by atoms with van der Waals surface area (Å²) in [5.41, 5.74) is 4.49. The molecule has 2 heterocycles. The number of nitrogens with one attached hydrogen (secondary N) is 1. The van der Waals surface area contributed by atoms with Crippen LogP contribution in [-0.4, -0.2) is 54.5 Å². The summed E-state index contributed by atoms with van der Waals surface area (Å²) in [5, 5.41) is 2.99. The van der Waals surface area contributed by atoms with Crippen LogP contribution >= 0.6 is 0 Å². The zero-order valence-electron chi connectivity index (χ0n) is 19.3. The topological polar surface area (TPSA) is 93.5 Å². The van der Waals surface area contributed by atoms with Gasteiger partial charge in [-0.25, -0.2) is 13.4 Å². The van der Waals surface area contributed by atoms with Crippen LogP contribution in [-0.2, 0) is 32.5 Å². The molecule has 0 saturated carbocycles. The van der Waals surface area contributed by atoms with Gasteiger partial charge in [-0.15, -0.1) is 0 Å². The highest BCUT2D eigenvalue weighted by molar-refractivity contribution is 7.89. The van der Waals surface area contributed by atoms with Gasteiger partial charge in [-0.1, -0.05) is 12.1 Å². The Bertz CT molecular complexity index is 1280. The quantitative estimate of drug-likeness (QED) is 0.572. The number of sulfonamides is 1. The highest BCUT2D eigenvalue weighted by atomic mass is 32.2. The van der Waals surface area contributed by atoms with Crippen molar-refractivity contribution in [2.24, 2.45) is 0 Å². The molecule has 33 heavy (non-hydrogen) atoms. The summed E-state index contributed by atoms with van der Waals surface area (Å²) in [6.07, 6.45) is 0.750. The van der Waals surface area contributed by atoms with Crippen LogP contribution in [0.3, 0.4) is 0 Å². The molecule has 1 amide bonds. The van der Waals surface area contributed by atoms with E-state index >= 15 is 0 Å². The van der Waals surface area contributed by atoms with Crippen LogP contribution in [0.5, 0.6) is 0 Å². The number of amides is 1. The smallest absolute Gasteiger partial charge is 0.243 e. The minimum atomic E-state index is -3.59. The number of aromatic nitrogens is 2. The third-order valence-electron chi connectivity index (χ3n) is 6.18. The van der Waals surface area contributed by atoms with Crippen molar-refractivity contribution >= 4 is 32.7 Å². The molecular formula is C24H30N4O4S. The van der Waals surface area contributed by atoms with Gasteiger partial charge in [0.05, 0.1) is 29.1 Å². The van der Waals surface area contributed by atoms with E-state index in [2.05, 4.69) is 10.3 Å². The maximum Gasteiger partial charge on any atom is 0.243 e. The molecular weight excluding hydrogens is 440 g/mol. The van der Waals surface area contributed by atoms with Gasteiger partial charge in [0.25, 0.3) is 0 Å². The third-order valence-corrected chi connectivity index (χ3v) is 8.07. The predicted molar refractivity (Wildman–Crippen MR) is 128 cm³/mol. The van der Waals surface area contributed by atoms with Gasteiger partial charge in [0, 0.05) is 38.2 Å². The Morgan fingerprint density at radius 3 is 2.64 bits per heavy atom. The van der Waals surface area contributed by atoms with Crippen molar-refractivity contribution in [3.8, 4) is 0 Å². The Hall–Kier alpha value is -2.75. The average molecular weight is 471 g/mol. The molecule has 9 heteroatoms. The normalized spacial score (nSPS) is 15.1. The zero-order valence-corrected chi connectivity index (χ0v) is 20.1. The van der Waals surface area contributed by atoms with Crippen molar-refractivity contribution in [1.29, 1.82) is 0 Å². The molecule has 0 radical (unpaired) electrons. The van der Waals surface area contributed by atoms with Crippen LogP contribution in [0.15, 0.2) is 41.3 Å². The number of rotatable bonds is 7. The van der Waals surface area contributed by atoms with Crippen LogP contribution < -0.4 is 5.32 Å². The fraction of sp³-hybridized carbons (Fsp3) is 0.417. The van der Waals surface area contributed by atoms with Gasteiger partial charge in [-0.05, 0) is 56.2 Å². The molecule has 1 N–H and O–H groups in total. The molecule has 1 fully saturated rings. The highest BCUT2D eigenvalue weighted by Gasteiger charge is 2.27. The fourth-order valence-electron chi connectivity index (χ4n) is 4.12. The first kappa shape index (κ1) is 23.4. The molecule has 3 aromatic rings. The average Bonchev–Trinajstić information content (AvgIpc) is 3.18. The molecule has 0 spiro atoms. The lowest BCUT2D eigenvalue weighted by Gasteiger charge is -2.26. The van der Waals surface area contributed by atoms with Crippen LogP contribution in [0.25, 0.3) is 11.0 Å². The molecule has 8 nitrogen and oxygen atoms in total. The second kappa shape index (κ2) is 9.62. The SMILES string of the molecule is CCn1c(CCC(=O)Nc2cccc(C)c2C)nc2cc(S(=O)(=O)N3CCOCC3)ccc21. The second-order valence-electron chi connectivity index (χ2n) is 8.23. The highest BCUT2D eigenvalue weighted by Crippen LogP contribution is 2.24. The van der Waals surface area contributed by atoms with Crippen molar-refractivity contribution in [3.63, 3.8) is 0 Å². The van der Waals surface area contributed by atoms with Crippen LogP contribution in [0.1, 0.15) is 30.3 Å². The number of benzene rings is 2. The minimum absolute atomic E-state index is 0.0750. The second-order valence-corrected chi connectivity index (χ2v) is 10.2. The summed E-state index contributed by atoms with van der Waals surface area (Å²) in [5.74, 6) is 0.693. The zero-order chi connectivity index (χ0) is 23.6. The van der Waals surface area contributed by atoms with Crippen LogP contribution in [0.4, 0.5) is 5.69 Å². The van der Waals surface area contributed by atoms with Crippen molar-refractivity contribution in [2.45, 2.75) is 45.1 Å². The molecule has 1 saturated heterocycles. The maximum absolute atomic E-state index is 13.0. The molecule has 4 rings (SSSR count). The van der Waals surface area contributed by atoms with Gasteiger partial charge < -0.3 is 14.6 Å². The largest absolute Gasteiger partial charge is 0.379 e. The summed E-state index contributed by atoms with van der Waals surface area (Å²) in [7, 11) is -3.59. The van der Waals surface area contributed by atoms with E-state index in [0.29, 0.717) is 44.8 Å². The van der Waals surface area contributed by atoms with Gasteiger partial charge in [0.2, 0.25) is 15.9 Å². The molecule has 0 bridgehead atoms. The first-order valence-corrected chi connectivity index (χ1v) is 12.7. The number of ether oxygens (including phenoxy) is 1. The van der Waals surface area contributed by atoms with Gasteiger partial charge in [-0.3, -0.25) is 4.79 Å². The Labute approximate surface area is 194 Å². The summed E-state index contributed by atoms with van der Waals surface area (Å²) in [6.45, 7) is 8.21. The number of carbonyl (C=O) groups excluding carboxylic acids is 1. The molecule has 0 unspecified atom stereocenters. The van der Waals surface area contributed by atoms with E-state index in [1.165, 1.54) is 4.31 Å². The molecule has 2 aromatic carbocycles. The first-order valence-electron chi connectivity index (χ1n) is 11.2. The Morgan fingerprint density at radius 2 is 1.91 bits per heavy atom. The number of aryl methyl sites for hydroxylation is 3. The minimum Gasteiger partial charge on any atom is -0.379 e. The summed E-state index contributed by atoms with van der Waals surface area (Å²) >= 11 is 0. The van der Waals surface area contributed by atoms with E-state index in [9.17, 15) is 13.2 Å². The van der Waals surface area contributed by atoms with E-state index in [4.69, 9.17) is 4.74 Å². The summed E-state index contributed by atoms with van der Waals surface area (Å²) in [6, 6.07) is 10.9. The molecule has 0 aliphatic carbocycles. The molecule has 1 aliphatic rings. The van der Waals surface area contributed by atoms with E-state index in [-0.39, 0.29) is 17.2 Å². The van der Waals surface area contributed by atoms with Crippen molar-refractivity contribution in [1.82, 2.24) is 13.9 Å². The fourth-order valence-corrected chi connectivity index (χ4v) is 5.55. The van der Waals surface area contributed by atoms with Crippen LogP contribution in [0, 0.1) is 13.8 Å². The maximum atomic E-state index is 13.0. The summed E-state index contributed by atoms with van der Waals surface area (Å²) < 4.78 is 34.8. The number of hydrogen-bond donors (Lipinski definition) is 1. The molecule has 1 aromatic heterocycles. The van der Waals surface area contributed by atoms with E-state index in [0.717, 1.165) is 28.2 Å². The molecule has 1 aliphatic heterocycles. The number of imidazole rings is 1. The van der Waals surface area contributed by atoms with Crippen molar-refractivity contribution in [2.75, 3.05) is 31.6 Å². The first-order chi connectivity index (χ1) is 15.8. The molecule has 176 valence electrons. The van der Waals surface area contributed by atoms with Gasteiger partial charge in [0.1, 0.15) is 5.82 Å². The number of hydrogen-bond acceptors (Lipinski definition) is 5. The van der Waals surface area contributed by atoms with E-state index in [1.54, 1.807) is 18.2 Å². The Balaban J connectivity index is 1.53. The lowest BCUT2D eigenvalue weighted by atomic mass is 10.1. The van der Waals surface area contributed by atoms with Crippen molar-refractivity contribution in [3.05, 3.63) is 53.3 Å². The van der Waals surface area contributed by atoms with Gasteiger partial charge >= 0.3 is 0 Å². The monoisotopic (exact) mass is 470 g/mol. The number of fused-ring (bicyclic) bond motifs is 1. The lowest BCUT2D eigenvalue weighted by Crippen LogP contribution is -2.40. The Morgan fingerprint density at radius 1 is 1.15 bits per heavy atom. The molecule has 0 atom stereocenters. The summed E-state index contributed by atoms with van der Waals surface area (Å²) in [4.78, 5) is 17.5. The van der Waals surface area contributed by atoms with Gasteiger partial charge in [0.15, 0.2) is 0 Å². The standard InChI is InChI=1S/C24H30N4O4S/c1-4-28-22-9-8-19(33(30,31)27-12-14-32-15-13-27)16-21(22)25-23(28)10-11-24(29)26-20-7-5-6-17(2)18(20)3/h5-9,16H,4,10-15H2,1-3H3,(H,26,29). The predicted octanol–water partition coefficient (Wildman–Crippen LogP) is 3.27. The van der Waals surface area contributed by atoms with E-state index < -0.39 is 10.0 Å². The number of nitrogens with zero attached hydrogens (tertiary/aromatic N) is 3. The lowest BCUT2D eigenvalue weighted by molar-refractivity contribution is -0.116. The number of carbonyl (C=O) groups is 1. The van der Waals surface area contributed by atoms with Crippen molar-refractivity contribution < 1.29 is 17.9 Å². The Kier molecular flexibility index (Phi) is 6.83. The number of anilines is 1. The van der Waals surface area contributed by atoms with Crippen LogP contribution in [0.2, 0.25) is 0 Å². The number of morpholine rings is 1.